The van der Waals surface area contributed by atoms with Gasteiger partial charge in [0, 0.05) is 23.2 Å². The molecule has 0 unspecified atom stereocenters. The second-order valence-corrected chi connectivity index (χ2v) is 5.48. The summed E-state index contributed by atoms with van der Waals surface area (Å²) in [5, 5.41) is 3.88. The molecule has 0 radical (unpaired) electrons. The zero-order valence-corrected chi connectivity index (χ0v) is 10.9. The van der Waals surface area contributed by atoms with Crippen LogP contribution in [0.25, 0.3) is 10.8 Å². The van der Waals surface area contributed by atoms with Gasteiger partial charge in [0.15, 0.2) is 0 Å². The molecule has 1 aliphatic rings. The topological polar surface area (TPSA) is 59.3 Å². The van der Waals surface area contributed by atoms with Crippen molar-refractivity contribution in [1.29, 1.82) is 0 Å². The zero-order valence-electron chi connectivity index (χ0n) is 10.9. The van der Waals surface area contributed by atoms with Gasteiger partial charge in [0.05, 0.1) is 5.39 Å². The summed E-state index contributed by atoms with van der Waals surface area (Å²) in [6.07, 6.45) is 1.11. The summed E-state index contributed by atoms with van der Waals surface area (Å²) < 4.78 is 15.5. The van der Waals surface area contributed by atoms with Gasteiger partial charge in [0.1, 0.15) is 11.6 Å². The molecule has 3 rings (SSSR count). The van der Waals surface area contributed by atoms with Crippen LogP contribution in [-0.4, -0.2) is 15.6 Å². The van der Waals surface area contributed by atoms with E-state index in [-0.39, 0.29) is 11.4 Å². The van der Waals surface area contributed by atoms with E-state index in [4.69, 9.17) is 0 Å². The molecule has 0 saturated carbocycles. The lowest BCUT2D eigenvalue weighted by Crippen LogP contribution is -2.21. The predicted octanol–water partition coefficient (Wildman–Crippen LogP) is 2.53. The minimum Gasteiger partial charge on any atom is -0.326 e. The lowest BCUT2D eigenvalue weighted by molar-refractivity contribution is 0.403. The van der Waals surface area contributed by atoms with Crippen LogP contribution >= 0.6 is 0 Å². The molecule has 0 bridgehead atoms. The Hall–Kier alpha value is -2.24. The van der Waals surface area contributed by atoms with E-state index >= 15 is 0 Å². The molecule has 2 aromatic rings. The van der Waals surface area contributed by atoms with E-state index in [1.807, 2.05) is 31.5 Å². The molecule has 2 aromatic heterocycles. The van der Waals surface area contributed by atoms with E-state index in [2.05, 4.69) is 15.3 Å². The van der Waals surface area contributed by atoms with E-state index in [0.717, 1.165) is 5.39 Å². The van der Waals surface area contributed by atoms with Crippen molar-refractivity contribution in [2.24, 2.45) is 4.99 Å². The van der Waals surface area contributed by atoms with Crippen molar-refractivity contribution in [2.45, 2.75) is 26.3 Å². The fourth-order valence-corrected chi connectivity index (χ4v) is 2.18. The first-order chi connectivity index (χ1) is 8.86. The molecular formula is C13H13FN4O. The van der Waals surface area contributed by atoms with Crippen molar-refractivity contribution in [2.75, 3.05) is 5.32 Å². The number of halogens is 1. The van der Waals surface area contributed by atoms with Crippen molar-refractivity contribution < 1.29 is 4.39 Å². The summed E-state index contributed by atoms with van der Waals surface area (Å²) in [5.74, 6) is 0.701. The van der Waals surface area contributed by atoms with E-state index in [0.29, 0.717) is 11.2 Å². The molecule has 0 spiro atoms. The van der Waals surface area contributed by atoms with Gasteiger partial charge in [-0.3, -0.25) is 10.1 Å². The van der Waals surface area contributed by atoms with Gasteiger partial charge in [-0.1, -0.05) is 0 Å². The minimum atomic E-state index is -0.754. The summed E-state index contributed by atoms with van der Waals surface area (Å²) in [5.41, 5.74) is -0.660. The number of aliphatic imine (C=N–C) groups is 1. The number of nitrogens with zero attached hydrogens (tertiary/aromatic N) is 3. The average molecular weight is 260 g/mol. The summed E-state index contributed by atoms with van der Waals surface area (Å²) in [7, 11) is 0. The standard InChI is InChI=1S/C13H13FN4O/c1-13(2,3)18-6-7-4-5-8(19)15-10-9(7)11(18)17-12(14)16-10/h4-6H,1-3H3,(H,15,16,17,19). The highest BCUT2D eigenvalue weighted by Gasteiger charge is 2.24. The SMILES string of the molecule is CC(C)(C)n1cc2ccc(=O)nc3c2c1N=C(F)N3. The Morgan fingerprint density at radius 3 is 2.74 bits per heavy atom. The van der Waals surface area contributed by atoms with Gasteiger partial charge in [-0.05, 0) is 26.8 Å². The highest BCUT2D eigenvalue weighted by atomic mass is 19.1. The first-order valence-electron chi connectivity index (χ1n) is 5.94. The maximum Gasteiger partial charge on any atom is 0.290 e. The molecule has 1 aliphatic heterocycles. The minimum absolute atomic E-state index is 0.218. The molecule has 19 heavy (non-hydrogen) atoms. The summed E-state index contributed by atoms with van der Waals surface area (Å²) in [6, 6.07) is 3.05. The maximum absolute atomic E-state index is 13.6. The Morgan fingerprint density at radius 2 is 2.05 bits per heavy atom. The smallest absolute Gasteiger partial charge is 0.290 e. The van der Waals surface area contributed by atoms with Gasteiger partial charge in [-0.15, -0.1) is 0 Å². The second-order valence-electron chi connectivity index (χ2n) is 5.48. The predicted molar refractivity (Wildman–Crippen MR) is 72.8 cm³/mol. The van der Waals surface area contributed by atoms with Gasteiger partial charge < -0.3 is 4.57 Å². The largest absolute Gasteiger partial charge is 0.326 e. The number of aromatic nitrogens is 2. The fraction of sp³-hybridized carbons (Fsp3) is 0.308. The van der Waals surface area contributed by atoms with E-state index < -0.39 is 11.6 Å². The lowest BCUT2D eigenvalue weighted by Gasteiger charge is -2.23. The maximum atomic E-state index is 13.6. The molecule has 0 amide bonds. The molecule has 3 heterocycles. The van der Waals surface area contributed by atoms with Crippen molar-refractivity contribution in [1.82, 2.24) is 9.55 Å². The number of rotatable bonds is 0. The van der Waals surface area contributed by atoms with Crippen LogP contribution in [0.3, 0.4) is 0 Å². The molecule has 0 saturated heterocycles. The van der Waals surface area contributed by atoms with Gasteiger partial charge in [0.25, 0.3) is 11.6 Å². The summed E-state index contributed by atoms with van der Waals surface area (Å²) in [4.78, 5) is 19.2. The molecule has 0 fully saturated rings. The average Bonchev–Trinajstić information content (AvgIpc) is 2.56. The Morgan fingerprint density at radius 1 is 1.32 bits per heavy atom. The van der Waals surface area contributed by atoms with Crippen molar-refractivity contribution >= 4 is 28.5 Å². The molecule has 6 heteroatoms. The van der Waals surface area contributed by atoms with Crippen LogP contribution in [0.2, 0.25) is 0 Å². The highest BCUT2D eigenvalue weighted by molar-refractivity contribution is 6.09. The van der Waals surface area contributed by atoms with Crippen LogP contribution in [0.5, 0.6) is 0 Å². The monoisotopic (exact) mass is 260 g/mol. The highest BCUT2D eigenvalue weighted by Crippen LogP contribution is 2.38. The molecule has 1 N–H and O–H groups in total. The van der Waals surface area contributed by atoms with Crippen LogP contribution < -0.4 is 10.9 Å². The number of hydrogen-bond acceptors (Lipinski definition) is 4. The number of amidine groups is 1. The summed E-state index contributed by atoms with van der Waals surface area (Å²) >= 11 is 0. The van der Waals surface area contributed by atoms with E-state index in [1.54, 1.807) is 6.07 Å². The van der Waals surface area contributed by atoms with Gasteiger partial charge in [-0.2, -0.15) is 14.4 Å². The van der Waals surface area contributed by atoms with Crippen molar-refractivity contribution in [3.63, 3.8) is 0 Å². The molecular weight excluding hydrogens is 247 g/mol. The Bertz CT molecular complexity index is 771. The first kappa shape index (κ1) is 11.8. The number of nitrogens with one attached hydrogen (secondary N) is 1. The van der Waals surface area contributed by atoms with Crippen molar-refractivity contribution in [3.05, 3.63) is 28.7 Å². The van der Waals surface area contributed by atoms with Gasteiger partial charge >= 0.3 is 0 Å². The summed E-state index contributed by atoms with van der Waals surface area (Å²) in [6.45, 7) is 6.01. The molecule has 0 aromatic carbocycles. The third kappa shape index (κ3) is 1.80. The van der Waals surface area contributed by atoms with Crippen LogP contribution in [0.15, 0.2) is 28.1 Å². The Kier molecular flexibility index (Phi) is 2.26. The lowest BCUT2D eigenvalue weighted by atomic mass is 10.1. The van der Waals surface area contributed by atoms with Crippen molar-refractivity contribution in [3.8, 4) is 0 Å². The number of anilines is 1. The molecule has 0 atom stereocenters. The zero-order chi connectivity index (χ0) is 13.8. The third-order valence-electron chi connectivity index (χ3n) is 3.02. The van der Waals surface area contributed by atoms with E-state index in [1.165, 1.54) is 6.07 Å². The Labute approximate surface area is 108 Å². The van der Waals surface area contributed by atoms with Crippen LogP contribution in [0, 0.1) is 0 Å². The van der Waals surface area contributed by atoms with Crippen LogP contribution in [0.1, 0.15) is 20.8 Å². The van der Waals surface area contributed by atoms with Gasteiger partial charge in [-0.25, -0.2) is 0 Å². The quantitative estimate of drug-likeness (QED) is 0.740. The molecule has 5 nitrogen and oxygen atoms in total. The Balaban J connectivity index is 2.50. The second kappa shape index (κ2) is 3.63. The van der Waals surface area contributed by atoms with E-state index in [9.17, 15) is 9.18 Å². The molecule has 0 aliphatic carbocycles. The third-order valence-corrected chi connectivity index (χ3v) is 3.02. The van der Waals surface area contributed by atoms with Crippen LogP contribution in [-0.2, 0) is 5.54 Å². The van der Waals surface area contributed by atoms with Crippen LogP contribution in [0.4, 0.5) is 16.0 Å². The first-order valence-corrected chi connectivity index (χ1v) is 5.94. The fourth-order valence-electron chi connectivity index (χ4n) is 2.18. The molecule has 98 valence electrons. The number of hydrogen-bond donors (Lipinski definition) is 1. The van der Waals surface area contributed by atoms with Gasteiger partial charge in [0.2, 0.25) is 0 Å². The normalized spacial score (nSPS) is 14.2.